The monoisotopic (exact) mass is 280 g/mol. The van der Waals surface area contributed by atoms with Gasteiger partial charge in [-0.25, -0.2) is 4.79 Å². The molecule has 1 aliphatic carbocycles. The van der Waals surface area contributed by atoms with Crippen molar-refractivity contribution in [1.82, 2.24) is 0 Å². The molecule has 0 fully saturated rings. The van der Waals surface area contributed by atoms with Crippen LogP contribution in [0.3, 0.4) is 0 Å². The summed E-state index contributed by atoms with van der Waals surface area (Å²) in [7, 11) is 0. The molecule has 4 nitrogen and oxygen atoms in total. The molecule has 19 heavy (non-hydrogen) atoms. The minimum absolute atomic E-state index is 0.0724. The summed E-state index contributed by atoms with van der Waals surface area (Å²) in [6.07, 6.45) is 1.79. The van der Waals surface area contributed by atoms with Crippen LogP contribution in [0.1, 0.15) is 23.7 Å². The summed E-state index contributed by atoms with van der Waals surface area (Å²) in [5, 5.41) is 10.5. The van der Waals surface area contributed by atoms with E-state index in [2.05, 4.69) is 0 Å². The van der Waals surface area contributed by atoms with Gasteiger partial charge < -0.3 is 9.84 Å². The Labute approximate surface area is 115 Å². The first kappa shape index (κ1) is 13.8. The second kappa shape index (κ2) is 5.15. The molecule has 5 heteroatoms. The van der Waals surface area contributed by atoms with Crippen molar-refractivity contribution in [2.24, 2.45) is 0 Å². The molecule has 0 amide bonds. The number of aliphatic hydroxyl groups is 1. The van der Waals surface area contributed by atoms with Gasteiger partial charge in [-0.15, -0.1) is 0 Å². The molecule has 0 spiro atoms. The van der Waals surface area contributed by atoms with Gasteiger partial charge in [-0.2, -0.15) is 0 Å². The Balaban J connectivity index is 2.15. The molecule has 2 rings (SSSR count). The first-order chi connectivity index (χ1) is 8.88. The maximum atomic E-state index is 11.9. The predicted molar refractivity (Wildman–Crippen MR) is 70.0 cm³/mol. The van der Waals surface area contributed by atoms with E-state index in [0.717, 1.165) is 0 Å². The molecule has 0 aliphatic heterocycles. The average Bonchev–Trinajstić information content (AvgIpc) is 2.32. The molecule has 2 atom stereocenters. The molecule has 1 aromatic carbocycles. The molecule has 1 N–H and O–H groups in total. The number of carbonyl (C=O) groups excluding carboxylic acids is 2. The van der Waals surface area contributed by atoms with E-state index in [1.807, 2.05) is 0 Å². The fraction of sp³-hybridized carbons (Fsp3) is 0.286. The Morgan fingerprint density at radius 3 is 2.89 bits per heavy atom. The molecular weight excluding hydrogens is 268 g/mol. The second-order valence-electron chi connectivity index (χ2n) is 4.70. The lowest BCUT2D eigenvalue weighted by Crippen LogP contribution is -2.45. The Morgan fingerprint density at radius 1 is 1.53 bits per heavy atom. The van der Waals surface area contributed by atoms with E-state index >= 15 is 0 Å². The van der Waals surface area contributed by atoms with Crippen LogP contribution in [0.25, 0.3) is 0 Å². The van der Waals surface area contributed by atoms with Gasteiger partial charge in [0.25, 0.3) is 0 Å². The number of allylic oxidation sites excluding steroid dienone is 1. The number of hydrogen-bond acceptors (Lipinski definition) is 4. The summed E-state index contributed by atoms with van der Waals surface area (Å²) in [4.78, 5) is 23.1. The van der Waals surface area contributed by atoms with Gasteiger partial charge in [-0.1, -0.05) is 17.7 Å². The lowest BCUT2D eigenvalue weighted by molar-refractivity contribution is -0.125. The van der Waals surface area contributed by atoms with Gasteiger partial charge in [-0.05, 0) is 37.3 Å². The fourth-order valence-corrected chi connectivity index (χ4v) is 2.07. The van der Waals surface area contributed by atoms with Crippen LogP contribution in [0.2, 0.25) is 5.02 Å². The maximum Gasteiger partial charge on any atom is 0.338 e. The summed E-state index contributed by atoms with van der Waals surface area (Å²) in [6.45, 7) is 1.46. The van der Waals surface area contributed by atoms with Crippen molar-refractivity contribution >= 4 is 23.4 Å². The number of carbonyl (C=O) groups is 2. The third-order valence-corrected chi connectivity index (χ3v) is 3.13. The summed E-state index contributed by atoms with van der Waals surface area (Å²) < 4.78 is 5.21. The molecule has 0 saturated heterocycles. The van der Waals surface area contributed by atoms with Gasteiger partial charge in [0.05, 0.1) is 5.56 Å². The number of halogens is 1. The van der Waals surface area contributed by atoms with E-state index < -0.39 is 17.7 Å². The van der Waals surface area contributed by atoms with Gasteiger partial charge in [0.2, 0.25) is 0 Å². The number of esters is 1. The fourth-order valence-electron chi connectivity index (χ4n) is 1.88. The van der Waals surface area contributed by atoms with Gasteiger partial charge in [0, 0.05) is 11.4 Å². The van der Waals surface area contributed by atoms with Crippen LogP contribution in [0.4, 0.5) is 0 Å². The molecule has 0 bridgehead atoms. The normalized spacial score (nSPS) is 26.3. The highest BCUT2D eigenvalue weighted by atomic mass is 35.5. The smallest absolute Gasteiger partial charge is 0.338 e. The van der Waals surface area contributed by atoms with E-state index in [1.165, 1.54) is 25.1 Å². The summed E-state index contributed by atoms with van der Waals surface area (Å²) in [5.41, 5.74) is -1.09. The standard InChI is InChI=1S/C14H13ClO4/c1-14(18)8-11(16)5-6-12(14)19-13(17)9-3-2-4-10(15)7-9/h2-7,12,18H,8H2,1H3/t12-,14+/m1/s1. The first-order valence-corrected chi connectivity index (χ1v) is 6.16. The van der Waals surface area contributed by atoms with Gasteiger partial charge >= 0.3 is 5.97 Å². The first-order valence-electron chi connectivity index (χ1n) is 5.78. The molecule has 0 radical (unpaired) electrons. The summed E-state index contributed by atoms with van der Waals surface area (Å²) in [6, 6.07) is 6.34. The average molecular weight is 281 g/mol. The zero-order valence-corrected chi connectivity index (χ0v) is 11.1. The van der Waals surface area contributed by atoms with Crippen molar-refractivity contribution in [3.8, 4) is 0 Å². The van der Waals surface area contributed by atoms with E-state index in [9.17, 15) is 14.7 Å². The van der Waals surface area contributed by atoms with Crippen LogP contribution in [-0.4, -0.2) is 28.6 Å². The number of hydrogen-bond donors (Lipinski definition) is 1. The minimum Gasteiger partial charge on any atom is -0.451 e. The number of ketones is 1. The molecule has 0 aromatic heterocycles. The second-order valence-corrected chi connectivity index (χ2v) is 5.13. The molecule has 0 heterocycles. The van der Waals surface area contributed by atoms with Crippen molar-refractivity contribution in [2.75, 3.05) is 0 Å². The Bertz CT molecular complexity index is 548. The van der Waals surface area contributed by atoms with E-state index in [1.54, 1.807) is 18.2 Å². The highest BCUT2D eigenvalue weighted by Gasteiger charge is 2.38. The third-order valence-electron chi connectivity index (χ3n) is 2.90. The quantitative estimate of drug-likeness (QED) is 0.843. The summed E-state index contributed by atoms with van der Waals surface area (Å²) in [5.74, 6) is -0.785. The van der Waals surface area contributed by atoms with Gasteiger partial charge in [-0.3, -0.25) is 4.79 Å². The van der Waals surface area contributed by atoms with E-state index in [0.29, 0.717) is 10.6 Å². The van der Waals surface area contributed by atoms with E-state index in [-0.39, 0.29) is 12.2 Å². The van der Waals surface area contributed by atoms with Gasteiger partial charge in [0.15, 0.2) is 5.78 Å². The number of rotatable bonds is 2. The van der Waals surface area contributed by atoms with Crippen LogP contribution in [0.15, 0.2) is 36.4 Å². The molecule has 100 valence electrons. The van der Waals surface area contributed by atoms with Crippen LogP contribution in [-0.2, 0) is 9.53 Å². The van der Waals surface area contributed by atoms with Crippen LogP contribution < -0.4 is 0 Å². The van der Waals surface area contributed by atoms with Crippen LogP contribution in [0, 0.1) is 0 Å². The topological polar surface area (TPSA) is 63.6 Å². The number of ether oxygens (including phenoxy) is 1. The maximum absolute atomic E-state index is 11.9. The van der Waals surface area contributed by atoms with Crippen molar-refractivity contribution in [1.29, 1.82) is 0 Å². The highest BCUT2D eigenvalue weighted by molar-refractivity contribution is 6.30. The van der Waals surface area contributed by atoms with Gasteiger partial charge in [0.1, 0.15) is 11.7 Å². The zero-order valence-electron chi connectivity index (χ0n) is 10.3. The molecule has 0 unspecified atom stereocenters. The minimum atomic E-state index is -1.39. The molecular formula is C14H13ClO4. The van der Waals surface area contributed by atoms with Crippen molar-refractivity contribution in [3.05, 3.63) is 47.0 Å². The molecule has 1 aromatic rings. The number of benzene rings is 1. The SMILES string of the molecule is C[C@]1(O)CC(=O)C=C[C@H]1OC(=O)c1cccc(Cl)c1. The van der Waals surface area contributed by atoms with Crippen LogP contribution >= 0.6 is 11.6 Å². The van der Waals surface area contributed by atoms with Crippen molar-refractivity contribution < 1.29 is 19.4 Å². The molecule has 1 aliphatic rings. The highest BCUT2D eigenvalue weighted by Crippen LogP contribution is 2.25. The predicted octanol–water partition coefficient (Wildman–Crippen LogP) is 2.15. The van der Waals surface area contributed by atoms with E-state index in [4.69, 9.17) is 16.3 Å². The Morgan fingerprint density at radius 2 is 2.26 bits per heavy atom. The lowest BCUT2D eigenvalue weighted by Gasteiger charge is -2.32. The lowest BCUT2D eigenvalue weighted by atomic mass is 9.88. The van der Waals surface area contributed by atoms with Crippen molar-refractivity contribution in [2.45, 2.75) is 25.0 Å². The van der Waals surface area contributed by atoms with Crippen molar-refractivity contribution in [3.63, 3.8) is 0 Å². The molecule has 0 saturated carbocycles. The summed E-state index contributed by atoms with van der Waals surface area (Å²) >= 11 is 5.79. The zero-order chi connectivity index (χ0) is 14.0. The third kappa shape index (κ3) is 3.22. The largest absolute Gasteiger partial charge is 0.451 e. The Hall–Kier alpha value is -1.65. The van der Waals surface area contributed by atoms with Crippen LogP contribution in [0.5, 0.6) is 0 Å². The Kier molecular flexibility index (Phi) is 3.73.